The fraction of sp³-hybridized carbons (Fsp3) is 0.722. The van der Waals surface area contributed by atoms with Gasteiger partial charge in [0, 0.05) is 16.8 Å². The average molecular weight is 345 g/mol. The van der Waals surface area contributed by atoms with Crippen LogP contribution in [0, 0.1) is 17.8 Å². The molecule has 5 saturated carbocycles. The van der Waals surface area contributed by atoms with Crippen molar-refractivity contribution in [3.05, 3.63) is 11.1 Å². The minimum absolute atomic E-state index is 0.196. The van der Waals surface area contributed by atoms with E-state index in [4.69, 9.17) is 4.98 Å². The third-order valence-electron chi connectivity index (χ3n) is 6.43. The van der Waals surface area contributed by atoms with Gasteiger partial charge in [0.2, 0.25) is 0 Å². The molecular weight excluding hydrogens is 322 g/mol. The molecule has 1 aromatic rings. The van der Waals surface area contributed by atoms with Crippen LogP contribution in [0.1, 0.15) is 57.1 Å². The van der Waals surface area contributed by atoms with Crippen LogP contribution in [0.5, 0.6) is 0 Å². The van der Waals surface area contributed by atoms with Crippen molar-refractivity contribution < 1.29 is 9.59 Å². The number of thiazole rings is 1. The largest absolute Gasteiger partial charge is 0.345 e. The number of nitrogens with one attached hydrogen (secondary N) is 2. The predicted octanol–water partition coefficient (Wildman–Crippen LogP) is 2.83. The van der Waals surface area contributed by atoms with Crippen LogP contribution in [0.3, 0.4) is 0 Å². The van der Waals surface area contributed by atoms with E-state index >= 15 is 0 Å². The third-order valence-corrected chi connectivity index (χ3v) is 7.18. The van der Waals surface area contributed by atoms with Gasteiger partial charge in [0.25, 0.3) is 0 Å². The summed E-state index contributed by atoms with van der Waals surface area (Å²) in [6.45, 7) is 0. The maximum absolute atomic E-state index is 12.0. The number of hydrogen-bond donors (Lipinski definition) is 2. The summed E-state index contributed by atoms with van der Waals surface area (Å²) in [5.74, 6) is 1.50. The Morgan fingerprint density at radius 2 is 1.67 bits per heavy atom. The number of rotatable bonds is 3. The summed E-state index contributed by atoms with van der Waals surface area (Å²) >= 11 is 1.46. The molecule has 4 bridgehead atoms. The molecule has 0 radical (unpaired) electrons. The summed E-state index contributed by atoms with van der Waals surface area (Å²) in [5, 5.41) is 8.08. The van der Waals surface area contributed by atoms with E-state index in [0.29, 0.717) is 5.13 Å². The van der Waals surface area contributed by atoms with Crippen LogP contribution in [0.2, 0.25) is 0 Å². The van der Waals surface area contributed by atoms with Gasteiger partial charge in [-0.25, -0.2) is 4.98 Å². The second-order valence-electron chi connectivity index (χ2n) is 8.44. The molecular formula is C18H23N3O2S. The van der Waals surface area contributed by atoms with Crippen molar-refractivity contribution in [3.8, 4) is 0 Å². The van der Waals surface area contributed by atoms with Gasteiger partial charge in [-0.05, 0) is 69.1 Å². The maximum atomic E-state index is 12.0. The molecule has 24 heavy (non-hydrogen) atoms. The molecule has 1 heterocycles. The summed E-state index contributed by atoms with van der Waals surface area (Å²) in [6, 6.07) is 0.196. The first-order valence-electron chi connectivity index (χ1n) is 9.17. The zero-order valence-electron chi connectivity index (χ0n) is 13.7. The molecule has 6 rings (SSSR count). The number of amides is 2. The Hall–Kier alpha value is -1.43. The Morgan fingerprint density at radius 3 is 2.25 bits per heavy atom. The summed E-state index contributed by atoms with van der Waals surface area (Å²) < 4.78 is 0. The van der Waals surface area contributed by atoms with Gasteiger partial charge in [-0.1, -0.05) is 0 Å². The van der Waals surface area contributed by atoms with E-state index in [-0.39, 0.29) is 11.5 Å². The molecule has 0 unspecified atom stereocenters. The van der Waals surface area contributed by atoms with Crippen molar-refractivity contribution in [1.82, 2.24) is 10.3 Å². The topological polar surface area (TPSA) is 71.1 Å². The highest BCUT2D eigenvalue weighted by atomic mass is 32.1. The minimum atomic E-state index is -0.590. The smallest absolute Gasteiger partial charge is 0.315 e. The second kappa shape index (κ2) is 5.28. The lowest BCUT2D eigenvalue weighted by Gasteiger charge is -2.56. The van der Waals surface area contributed by atoms with Crippen molar-refractivity contribution in [2.75, 3.05) is 5.32 Å². The number of carbonyl (C=O) groups excluding carboxylic acids is 2. The zero-order valence-corrected chi connectivity index (χ0v) is 14.5. The second-order valence-corrected chi connectivity index (χ2v) is 9.30. The number of nitrogens with zero attached hydrogens (tertiary/aromatic N) is 1. The normalized spacial score (nSPS) is 36.6. The third kappa shape index (κ3) is 2.55. The number of hydrogen-bond acceptors (Lipinski definition) is 4. The van der Waals surface area contributed by atoms with Gasteiger partial charge in [-0.15, -0.1) is 11.3 Å². The van der Waals surface area contributed by atoms with Crippen molar-refractivity contribution in [2.24, 2.45) is 17.8 Å². The summed E-state index contributed by atoms with van der Waals surface area (Å²) in [7, 11) is 0. The number of carbonyl (C=O) groups is 2. The molecule has 0 saturated heterocycles. The van der Waals surface area contributed by atoms with Crippen LogP contribution in [-0.2, 0) is 15.0 Å². The van der Waals surface area contributed by atoms with Gasteiger partial charge in [-0.2, -0.15) is 0 Å². The quantitative estimate of drug-likeness (QED) is 0.828. The number of aromatic nitrogens is 1. The van der Waals surface area contributed by atoms with Crippen LogP contribution in [0.15, 0.2) is 5.38 Å². The zero-order chi connectivity index (χ0) is 16.3. The first-order chi connectivity index (χ1) is 11.6. The molecule has 6 heteroatoms. The minimum Gasteiger partial charge on any atom is -0.345 e. The fourth-order valence-corrected chi connectivity index (χ4v) is 6.46. The molecule has 5 aliphatic carbocycles. The molecule has 1 aromatic heterocycles. The van der Waals surface area contributed by atoms with Crippen LogP contribution in [-0.4, -0.2) is 22.8 Å². The fourth-order valence-electron chi connectivity index (χ4n) is 5.63. The molecule has 0 aromatic carbocycles. The van der Waals surface area contributed by atoms with Gasteiger partial charge >= 0.3 is 11.8 Å². The summed E-state index contributed by atoms with van der Waals surface area (Å²) in [5.41, 5.74) is 1.40. The molecule has 0 aliphatic heterocycles. The van der Waals surface area contributed by atoms with Gasteiger partial charge < -0.3 is 5.32 Å². The van der Waals surface area contributed by atoms with E-state index in [1.807, 2.05) is 0 Å². The van der Waals surface area contributed by atoms with Gasteiger partial charge in [0.1, 0.15) is 0 Å². The first kappa shape index (κ1) is 14.9. The molecule has 5 aliphatic rings. The lowest BCUT2D eigenvalue weighted by atomic mass is 9.49. The first-order valence-corrected chi connectivity index (χ1v) is 10.1. The summed E-state index contributed by atoms with van der Waals surface area (Å²) in [6.07, 6.45) is 9.98. The summed E-state index contributed by atoms with van der Waals surface area (Å²) in [4.78, 5) is 28.5. The highest BCUT2D eigenvalue weighted by Crippen LogP contribution is 2.60. The lowest BCUT2D eigenvalue weighted by molar-refractivity contribution is -0.136. The molecule has 2 N–H and O–H groups in total. The molecule has 0 spiro atoms. The van der Waals surface area contributed by atoms with Crippen LogP contribution < -0.4 is 10.6 Å². The van der Waals surface area contributed by atoms with Crippen LogP contribution in [0.4, 0.5) is 5.13 Å². The lowest BCUT2D eigenvalue weighted by Crippen LogP contribution is -2.48. The average Bonchev–Trinajstić information content (AvgIpc) is 3.20. The van der Waals surface area contributed by atoms with Crippen LogP contribution >= 0.6 is 11.3 Å². The van der Waals surface area contributed by atoms with Gasteiger partial charge in [0.05, 0.1) is 5.69 Å². The Labute approximate surface area is 145 Å². The van der Waals surface area contributed by atoms with E-state index < -0.39 is 11.8 Å². The van der Waals surface area contributed by atoms with Gasteiger partial charge in [-0.3, -0.25) is 14.9 Å². The van der Waals surface area contributed by atoms with Crippen molar-refractivity contribution >= 4 is 28.3 Å². The van der Waals surface area contributed by atoms with E-state index in [9.17, 15) is 9.59 Å². The Bertz CT molecular complexity index is 659. The van der Waals surface area contributed by atoms with Crippen molar-refractivity contribution in [2.45, 2.75) is 62.8 Å². The predicted molar refractivity (Wildman–Crippen MR) is 91.8 cm³/mol. The van der Waals surface area contributed by atoms with E-state index in [2.05, 4.69) is 16.0 Å². The Morgan fingerprint density at radius 1 is 1.04 bits per heavy atom. The highest BCUT2D eigenvalue weighted by molar-refractivity contribution is 7.14. The van der Waals surface area contributed by atoms with Gasteiger partial charge in [0.15, 0.2) is 5.13 Å². The SMILES string of the molecule is O=C(Nc1nc(C23CC4CC(CC(C4)C2)C3)cs1)C(=O)NC1CC1. The molecule has 2 amide bonds. The Kier molecular flexibility index (Phi) is 3.27. The van der Waals surface area contributed by atoms with E-state index in [1.54, 1.807) is 0 Å². The maximum Gasteiger partial charge on any atom is 0.315 e. The Balaban J connectivity index is 1.30. The molecule has 5 nitrogen and oxygen atoms in total. The van der Waals surface area contributed by atoms with E-state index in [1.165, 1.54) is 49.9 Å². The highest BCUT2D eigenvalue weighted by Gasteiger charge is 2.52. The number of anilines is 1. The van der Waals surface area contributed by atoms with Crippen molar-refractivity contribution in [3.63, 3.8) is 0 Å². The van der Waals surface area contributed by atoms with Crippen molar-refractivity contribution in [1.29, 1.82) is 0 Å². The molecule has 128 valence electrons. The standard InChI is InChI=1S/C18H23N3O2S/c22-15(19-13-1-2-13)16(23)21-17-20-14(9-24-17)18-6-10-3-11(7-18)5-12(4-10)8-18/h9-13H,1-8H2,(H,19,22)(H,20,21,23). The monoisotopic (exact) mass is 345 g/mol. The van der Waals surface area contributed by atoms with Crippen LogP contribution in [0.25, 0.3) is 0 Å². The van der Waals surface area contributed by atoms with E-state index in [0.717, 1.165) is 36.3 Å². The molecule has 5 fully saturated rings. The molecule has 0 atom stereocenters.